The van der Waals surface area contributed by atoms with E-state index in [4.69, 9.17) is 9.84 Å². The first-order valence-corrected chi connectivity index (χ1v) is 6.91. The van der Waals surface area contributed by atoms with Crippen molar-refractivity contribution < 1.29 is 19.4 Å². The van der Waals surface area contributed by atoms with Crippen LogP contribution in [0.25, 0.3) is 0 Å². The molecular weight excluding hydrogens is 272 g/mol. The van der Waals surface area contributed by atoms with Gasteiger partial charge in [0.25, 0.3) is 0 Å². The number of nitrogens with one attached hydrogen (secondary N) is 1. The van der Waals surface area contributed by atoms with Crippen molar-refractivity contribution in [2.24, 2.45) is 0 Å². The molecule has 0 aromatic heterocycles. The van der Waals surface area contributed by atoms with E-state index in [1.165, 1.54) is 0 Å². The number of carbonyl (C=O) groups excluding carboxylic acids is 1. The fraction of sp³-hybridized carbons (Fsp3) is 0.467. The maximum atomic E-state index is 12.3. The second kappa shape index (κ2) is 6.58. The van der Waals surface area contributed by atoms with Gasteiger partial charge in [0, 0.05) is 31.8 Å². The third-order valence-electron chi connectivity index (χ3n) is 3.68. The number of methoxy groups -OCH3 is 1. The molecule has 6 nitrogen and oxygen atoms in total. The van der Waals surface area contributed by atoms with Crippen molar-refractivity contribution in [3.05, 3.63) is 29.8 Å². The topological polar surface area (TPSA) is 78.9 Å². The van der Waals surface area contributed by atoms with Crippen LogP contribution in [0.1, 0.15) is 24.8 Å². The fourth-order valence-electron chi connectivity index (χ4n) is 2.48. The van der Waals surface area contributed by atoms with Crippen LogP contribution in [0.15, 0.2) is 24.3 Å². The first-order valence-electron chi connectivity index (χ1n) is 6.91. The second-order valence-electron chi connectivity index (χ2n) is 5.20. The molecule has 1 heterocycles. The monoisotopic (exact) mass is 292 g/mol. The van der Waals surface area contributed by atoms with Crippen LogP contribution in [-0.2, 0) is 9.53 Å². The molecule has 2 unspecified atom stereocenters. The highest BCUT2D eigenvalue weighted by Crippen LogP contribution is 2.37. The van der Waals surface area contributed by atoms with Gasteiger partial charge in [0.2, 0.25) is 0 Å². The number of aliphatic carboxylic acids is 1. The largest absolute Gasteiger partial charge is 0.481 e. The Labute approximate surface area is 123 Å². The lowest BCUT2D eigenvalue weighted by Gasteiger charge is -2.20. The molecule has 0 aliphatic carbocycles. The molecule has 1 aromatic carbocycles. The van der Waals surface area contributed by atoms with Gasteiger partial charge in [-0.2, -0.15) is 0 Å². The van der Waals surface area contributed by atoms with Crippen molar-refractivity contribution in [2.45, 2.75) is 25.4 Å². The molecule has 0 fully saturated rings. The summed E-state index contributed by atoms with van der Waals surface area (Å²) in [4.78, 5) is 24.8. The van der Waals surface area contributed by atoms with Gasteiger partial charge in [0.15, 0.2) is 0 Å². The summed E-state index contributed by atoms with van der Waals surface area (Å²) in [6.07, 6.45) is -0.0449. The fourth-order valence-corrected chi connectivity index (χ4v) is 2.48. The van der Waals surface area contributed by atoms with Crippen molar-refractivity contribution >= 4 is 17.7 Å². The van der Waals surface area contributed by atoms with E-state index >= 15 is 0 Å². The molecule has 0 bridgehead atoms. The first-order chi connectivity index (χ1) is 10.0. The molecule has 2 atom stereocenters. The van der Waals surface area contributed by atoms with Gasteiger partial charge in [-0.3, -0.25) is 9.69 Å². The summed E-state index contributed by atoms with van der Waals surface area (Å²) in [6.45, 7) is 2.67. The summed E-state index contributed by atoms with van der Waals surface area (Å²) in [5.41, 5.74) is 1.70. The summed E-state index contributed by atoms with van der Waals surface area (Å²) in [5.74, 6) is -1.02. The number of carbonyl (C=O) groups is 2. The van der Waals surface area contributed by atoms with Gasteiger partial charge in [-0.1, -0.05) is 18.2 Å². The number of carboxylic acid groups (broad SMARTS) is 1. The SMILES string of the molecule is COC(C)CNC(=O)N1CC(CC(=O)O)c2ccccc21. The van der Waals surface area contributed by atoms with Gasteiger partial charge < -0.3 is 15.2 Å². The third-order valence-corrected chi connectivity index (χ3v) is 3.68. The zero-order chi connectivity index (χ0) is 15.4. The Balaban J connectivity index is 2.11. The Hall–Kier alpha value is -2.08. The number of anilines is 1. The van der Waals surface area contributed by atoms with Crippen LogP contribution in [0.4, 0.5) is 10.5 Å². The predicted molar refractivity (Wildman–Crippen MR) is 78.7 cm³/mol. The molecule has 0 spiro atoms. The zero-order valence-corrected chi connectivity index (χ0v) is 12.2. The van der Waals surface area contributed by atoms with Crippen molar-refractivity contribution in [3.63, 3.8) is 0 Å². The van der Waals surface area contributed by atoms with Gasteiger partial charge >= 0.3 is 12.0 Å². The number of carboxylic acids is 1. The molecule has 1 aliphatic rings. The minimum absolute atomic E-state index is 0.0231. The Bertz CT molecular complexity index is 532. The highest BCUT2D eigenvalue weighted by atomic mass is 16.5. The van der Waals surface area contributed by atoms with E-state index in [-0.39, 0.29) is 24.5 Å². The Morgan fingerprint density at radius 1 is 1.48 bits per heavy atom. The number of fused-ring (bicyclic) bond motifs is 1. The van der Waals surface area contributed by atoms with E-state index in [2.05, 4.69) is 5.32 Å². The van der Waals surface area contributed by atoms with Crippen LogP contribution in [-0.4, -0.2) is 43.4 Å². The van der Waals surface area contributed by atoms with E-state index in [0.29, 0.717) is 13.1 Å². The molecule has 0 saturated carbocycles. The van der Waals surface area contributed by atoms with Gasteiger partial charge in [-0.25, -0.2) is 4.79 Å². The molecule has 2 N–H and O–H groups in total. The maximum Gasteiger partial charge on any atom is 0.321 e. The molecular formula is C15H20N2O4. The van der Waals surface area contributed by atoms with Gasteiger partial charge in [0.05, 0.1) is 12.5 Å². The minimum atomic E-state index is -0.856. The van der Waals surface area contributed by atoms with Crippen molar-refractivity contribution in [1.82, 2.24) is 5.32 Å². The highest BCUT2D eigenvalue weighted by molar-refractivity contribution is 5.95. The lowest BCUT2D eigenvalue weighted by atomic mass is 9.98. The van der Waals surface area contributed by atoms with E-state index in [9.17, 15) is 9.59 Å². The normalized spacial score (nSPS) is 18.2. The third kappa shape index (κ3) is 3.52. The van der Waals surface area contributed by atoms with Gasteiger partial charge in [0.1, 0.15) is 0 Å². The first kappa shape index (κ1) is 15.3. The average Bonchev–Trinajstić information content (AvgIpc) is 2.83. The molecule has 1 aliphatic heterocycles. The van der Waals surface area contributed by atoms with Crippen molar-refractivity contribution in [3.8, 4) is 0 Å². The maximum absolute atomic E-state index is 12.3. The Morgan fingerprint density at radius 2 is 2.19 bits per heavy atom. The predicted octanol–water partition coefficient (Wildman–Crippen LogP) is 1.81. The van der Waals surface area contributed by atoms with Crippen LogP contribution >= 0.6 is 0 Å². The van der Waals surface area contributed by atoms with E-state index in [0.717, 1.165) is 11.3 Å². The summed E-state index contributed by atoms with van der Waals surface area (Å²) >= 11 is 0. The van der Waals surface area contributed by atoms with Crippen LogP contribution in [0.3, 0.4) is 0 Å². The minimum Gasteiger partial charge on any atom is -0.481 e. The molecule has 0 saturated heterocycles. The number of amides is 2. The van der Waals surface area contributed by atoms with Gasteiger partial charge in [-0.05, 0) is 18.6 Å². The number of hydrogen-bond donors (Lipinski definition) is 2. The number of para-hydroxylation sites is 1. The molecule has 21 heavy (non-hydrogen) atoms. The number of rotatable bonds is 5. The van der Waals surface area contributed by atoms with E-state index in [1.807, 2.05) is 31.2 Å². The zero-order valence-electron chi connectivity index (χ0n) is 12.2. The molecule has 2 amide bonds. The van der Waals surface area contributed by atoms with Crippen molar-refractivity contribution in [1.29, 1.82) is 0 Å². The molecule has 2 rings (SSSR count). The molecule has 114 valence electrons. The van der Waals surface area contributed by atoms with Crippen molar-refractivity contribution in [2.75, 3.05) is 25.1 Å². The Kier molecular flexibility index (Phi) is 4.80. The van der Waals surface area contributed by atoms with Crippen LogP contribution in [0.5, 0.6) is 0 Å². The lowest BCUT2D eigenvalue weighted by Crippen LogP contribution is -2.42. The van der Waals surface area contributed by atoms with E-state index in [1.54, 1.807) is 12.0 Å². The average molecular weight is 292 g/mol. The molecule has 1 aromatic rings. The highest BCUT2D eigenvalue weighted by Gasteiger charge is 2.33. The summed E-state index contributed by atoms with van der Waals surface area (Å²) in [5, 5.41) is 11.8. The number of ether oxygens (including phenoxy) is 1. The second-order valence-corrected chi connectivity index (χ2v) is 5.20. The van der Waals surface area contributed by atoms with Crippen LogP contribution in [0.2, 0.25) is 0 Å². The standard InChI is InChI=1S/C15H20N2O4/c1-10(21-2)8-16-15(20)17-9-11(7-14(18)19)12-5-3-4-6-13(12)17/h3-6,10-11H,7-9H2,1-2H3,(H,16,20)(H,18,19). The van der Waals surface area contributed by atoms with E-state index < -0.39 is 5.97 Å². The molecule has 0 radical (unpaired) electrons. The number of hydrogen-bond acceptors (Lipinski definition) is 3. The smallest absolute Gasteiger partial charge is 0.321 e. The molecule has 6 heteroatoms. The number of urea groups is 1. The van der Waals surface area contributed by atoms with Crippen LogP contribution in [0, 0.1) is 0 Å². The number of nitrogens with zero attached hydrogens (tertiary/aromatic N) is 1. The quantitative estimate of drug-likeness (QED) is 0.867. The lowest BCUT2D eigenvalue weighted by molar-refractivity contribution is -0.137. The van der Waals surface area contributed by atoms with Gasteiger partial charge in [-0.15, -0.1) is 0 Å². The summed E-state index contributed by atoms with van der Waals surface area (Å²) in [6, 6.07) is 7.21. The number of benzene rings is 1. The summed E-state index contributed by atoms with van der Waals surface area (Å²) < 4.78 is 5.10. The summed E-state index contributed by atoms with van der Waals surface area (Å²) in [7, 11) is 1.59. The van der Waals surface area contributed by atoms with Crippen LogP contribution < -0.4 is 10.2 Å². The Morgan fingerprint density at radius 3 is 2.86 bits per heavy atom.